The maximum atomic E-state index is 8.36. The van der Waals surface area contributed by atoms with Crippen molar-refractivity contribution >= 4 is 0 Å². The Labute approximate surface area is 62.2 Å². The van der Waals surface area contributed by atoms with Gasteiger partial charge < -0.3 is 16.7 Å². The first-order valence-corrected chi connectivity index (χ1v) is 1.88. The second-order valence-corrected chi connectivity index (χ2v) is 0.815. The number of hydrogen-bond acceptors (Lipinski definition) is 4. The molecule has 0 saturated carbocycles. The van der Waals surface area contributed by atoms with E-state index in [0.29, 0.717) is 13.1 Å². The molecule has 0 unspecified atom stereocenters. The minimum absolute atomic E-state index is 0. The zero-order valence-electron chi connectivity index (χ0n) is 4.60. The maximum absolute atomic E-state index is 8.36. The van der Waals surface area contributed by atoms with Gasteiger partial charge in [0.15, 0.2) is 0 Å². The maximum Gasteiger partial charge on any atom is 0.291 e. The predicted molar refractivity (Wildman–Crippen MR) is 26.9 cm³/mol. The van der Waals surface area contributed by atoms with Crippen molar-refractivity contribution in [1.82, 2.24) is 0 Å². The zero-order chi connectivity index (χ0) is 6.99. The van der Waals surface area contributed by atoms with Crippen LogP contribution in [0.25, 0.3) is 0 Å². The minimum atomic E-state index is -1.50. The van der Waals surface area contributed by atoms with Gasteiger partial charge in [0.25, 0.3) is 5.09 Å². The third kappa shape index (κ3) is 637. The SMILES string of the molecule is NCCN.O=[N+]([O-])O.[Ni]. The average molecular weight is 182 g/mol. The van der Waals surface area contributed by atoms with E-state index in [4.69, 9.17) is 26.8 Å². The second-order valence-electron chi connectivity index (χ2n) is 0.815. The molecule has 5 N–H and O–H groups in total. The van der Waals surface area contributed by atoms with E-state index in [0.717, 1.165) is 0 Å². The quantitative estimate of drug-likeness (QED) is 0.260. The minimum Gasteiger partial charge on any atom is -0.329 e. The zero-order valence-corrected chi connectivity index (χ0v) is 5.58. The molecule has 60 valence electrons. The van der Waals surface area contributed by atoms with Crippen LogP contribution in [0, 0.1) is 10.1 Å². The van der Waals surface area contributed by atoms with Crippen LogP contribution in [0.15, 0.2) is 0 Å². The van der Waals surface area contributed by atoms with Crippen LogP contribution >= 0.6 is 0 Å². The summed E-state index contributed by atoms with van der Waals surface area (Å²) in [6, 6.07) is 0. The third-order valence-corrected chi connectivity index (χ3v) is 0.167. The standard InChI is InChI=1S/C2H8N2.HNO3.Ni/c3-1-2-4;2-1(3)4;/h1-4H2;(H,2,3,4);. The van der Waals surface area contributed by atoms with E-state index in [1.54, 1.807) is 0 Å². The molecule has 0 aromatic heterocycles. The third-order valence-electron chi connectivity index (χ3n) is 0.167. The molecular formula is C2H9N3NiO3. The van der Waals surface area contributed by atoms with Gasteiger partial charge in [-0.05, 0) is 0 Å². The Morgan fingerprint density at radius 3 is 1.56 bits per heavy atom. The molecule has 7 heteroatoms. The van der Waals surface area contributed by atoms with E-state index in [9.17, 15) is 0 Å². The van der Waals surface area contributed by atoms with Gasteiger partial charge in [-0.3, -0.25) is 0 Å². The van der Waals surface area contributed by atoms with Crippen LogP contribution in [-0.2, 0) is 16.5 Å². The number of hydrogen-bond donors (Lipinski definition) is 3. The first-order valence-electron chi connectivity index (χ1n) is 1.88. The van der Waals surface area contributed by atoms with Crippen molar-refractivity contribution < 1.29 is 26.8 Å². The molecule has 0 aliphatic carbocycles. The summed E-state index contributed by atoms with van der Waals surface area (Å²) in [5.74, 6) is 0. The topological polar surface area (TPSA) is 115 Å². The molecule has 0 rings (SSSR count). The summed E-state index contributed by atoms with van der Waals surface area (Å²) in [7, 11) is 0. The summed E-state index contributed by atoms with van der Waals surface area (Å²) in [6.07, 6.45) is 0. The Morgan fingerprint density at radius 1 is 1.44 bits per heavy atom. The largest absolute Gasteiger partial charge is 0.329 e. The number of nitrogens with two attached hydrogens (primary N) is 2. The van der Waals surface area contributed by atoms with Crippen molar-refractivity contribution in [3.05, 3.63) is 10.1 Å². The molecule has 6 nitrogen and oxygen atoms in total. The van der Waals surface area contributed by atoms with E-state index in [-0.39, 0.29) is 16.5 Å². The van der Waals surface area contributed by atoms with E-state index in [1.165, 1.54) is 0 Å². The summed E-state index contributed by atoms with van der Waals surface area (Å²) in [4.78, 5) is 8.36. The van der Waals surface area contributed by atoms with Gasteiger partial charge >= 0.3 is 0 Å². The van der Waals surface area contributed by atoms with Gasteiger partial charge in [-0.1, -0.05) is 0 Å². The molecule has 0 aliphatic rings. The fraction of sp³-hybridized carbons (Fsp3) is 1.00. The molecular weight excluding hydrogens is 173 g/mol. The van der Waals surface area contributed by atoms with Crippen LogP contribution in [-0.4, -0.2) is 23.4 Å². The van der Waals surface area contributed by atoms with E-state index < -0.39 is 5.09 Å². The predicted octanol–water partition coefficient (Wildman–Crippen LogP) is -1.45. The first-order chi connectivity index (χ1) is 3.65. The van der Waals surface area contributed by atoms with E-state index in [1.807, 2.05) is 0 Å². The van der Waals surface area contributed by atoms with Gasteiger partial charge in [-0.25, -0.2) is 0 Å². The van der Waals surface area contributed by atoms with Gasteiger partial charge in [-0.15, -0.1) is 10.1 Å². The van der Waals surface area contributed by atoms with Crippen LogP contribution in [0.1, 0.15) is 0 Å². The molecule has 0 heterocycles. The first kappa shape index (κ1) is 15.8. The van der Waals surface area contributed by atoms with Crippen molar-refractivity contribution in [3.8, 4) is 0 Å². The van der Waals surface area contributed by atoms with Crippen LogP contribution in [0.2, 0.25) is 0 Å². The van der Waals surface area contributed by atoms with Crippen molar-refractivity contribution in [3.63, 3.8) is 0 Å². The molecule has 0 fully saturated rings. The van der Waals surface area contributed by atoms with Crippen LogP contribution in [0.4, 0.5) is 0 Å². The fourth-order valence-electron chi connectivity index (χ4n) is 0. The monoisotopic (exact) mass is 181 g/mol. The van der Waals surface area contributed by atoms with Gasteiger partial charge in [0.1, 0.15) is 0 Å². The van der Waals surface area contributed by atoms with Crippen molar-refractivity contribution in [1.29, 1.82) is 0 Å². The molecule has 0 aliphatic heterocycles. The van der Waals surface area contributed by atoms with E-state index >= 15 is 0 Å². The van der Waals surface area contributed by atoms with Crippen molar-refractivity contribution in [2.75, 3.05) is 13.1 Å². The molecule has 0 aromatic carbocycles. The van der Waals surface area contributed by atoms with Crippen molar-refractivity contribution in [2.45, 2.75) is 0 Å². The Bertz CT molecular complexity index is 55.0. The van der Waals surface area contributed by atoms with Crippen LogP contribution in [0.3, 0.4) is 0 Å². The Balaban J connectivity index is -0.0000000720. The molecule has 0 bridgehead atoms. The number of rotatable bonds is 1. The Kier molecular flexibility index (Phi) is 27.5. The Hall–Kier alpha value is -0.386. The smallest absolute Gasteiger partial charge is 0.291 e. The summed E-state index contributed by atoms with van der Waals surface area (Å²) in [5, 5.41) is 13.6. The van der Waals surface area contributed by atoms with Gasteiger partial charge in [0.05, 0.1) is 0 Å². The molecule has 9 heavy (non-hydrogen) atoms. The molecule has 0 radical (unpaired) electrons. The van der Waals surface area contributed by atoms with Crippen LogP contribution < -0.4 is 11.5 Å². The summed E-state index contributed by atoms with van der Waals surface area (Å²) < 4.78 is 0. The summed E-state index contributed by atoms with van der Waals surface area (Å²) in [6.45, 7) is 1.19. The molecule has 0 saturated heterocycles. The Morgan fingerprint density at radius 2 is 1.56 bits per heavy atom. The second kappa shape index (κ2) is 15.6. The number of nitrogens with zero attached hydrogens (tertiary/aromatic N) is 1. The summed E-state index contributed by atoms with van der Waals surface area (Å²) >= 11 is 0. The molecule has 0 spiro atoms. The normalized spacial score (nSPS) is 6.00. The van der Waals surface area contributed by atoms with Gasteiger partial charge in [-0.2, -0.15) is 0 Å². The molecule has 0 amide bonds. The molecule has 0 aromatic rings. The summed E-state index contributed by atoms with van der Waals surface area (Å²) in [5.41, 5.74) is 9.81. The van der Waals surface area contributed by atoms with Crippen molar-refractivity contribution in [2.24, 2.45) is 11.5 Å². The molecule has 0 atom stereocenters. The van der Waals surface area contributed by atoms with Gasteiger partial charge in [0.2, 0.25) is 0 Å². The van der Waals surface area contributed by atoms with E-state index in [2.05, 4.69) is 0 Å². The fourth-order valence-corrected chi connectivity index (χ4v) is 0. The van der Waals surface area contributed by atoms with Crippen LogP contribution in [0.5, 0.6) is 0 Å². The van der Waals surface area contributed by atoms with Gasteiger partial charge in [0, 0.05) is 29.6 Å². The average Bonchev–Trinajstić information content (AvgIpc) is 1.65.